The molecule has 0 saturated heterocycles. The zero-order chi connectivity index (χ0) is 37.0. The normalized spacial score (nSPS) is 11.6. The number of aromatic nitrogens is 3. The molecule has 0 bridgehead atoms. The lowest BCUT2D eigenvalue weighted by Gasteiger charge is -2.13. The average Bonchev–Trinajstić information content (AvgIpc) is 3.85. The zero-order valence-electron chi connectivity index (χ0n) is 30.1. The summed E-state index contributed by atoms with van der Waals surface area (Å²) in [6.45, 7) is 0. The van der Waals surface area contributed by atoms with E-state index in [0.717, 1.165) is 66.4 Å². The van der Waals surface area contributed by atoms with Gasteiger partial charge in [-0.05, 0) is 57.6 Å². The summed E-state index contributed by atoms with van der Waals surface area (Å²) in [6, 6.07) is 65.6. The highest BCUT2D eigenvalue weighted by atomic mass is 32.1. The molecule has 3 heterocycles. The van der Waals surface area contributed by atoms with E-state index in [9.17, 15) is 0 Å². The predicted octanol–water partition coefficient (Wildman–Crippen LogP) is 14.1. The van der Waals surface area contributed by atoms with E-state index >= 15 is 0 Å². The molecule has 262 valence electrons. The topological polar surface area (TPSA) is 51.8 Å². The molecule has 0 N–H and O–H groups in total. The van der Waals surface area contributed by atoms with Crippen LogP contribution >= 0.6 is 11.3 Å². The average molecular weight is 734 g/mol. The largest absolute Gasteiger partial charge is 0.456 e. The Morgan fingerprint density at radius 3 is 1.71 bits per heavy atom. The minimum atomic E-state index is 0.610. The number of furan rings is 1. The van der Waals surface area contributed by atoms with Crippen LogP contribution in [0.1, 0.15) is 0 Å². The summed E-state index contributed by atoms with van der Waals surface area (Å²) >= 11 is 1.84. The van der Waals surface area contributed by atoms with E-state index in [1.54, 1.807) is 0 Å². The van der Waals surface area contributed by atoms with Crippen molar-refractivity contribution >= 4 is 53.4 Å². The predicted molar refractivity (Wildman–Crippen MR) is 233 cm³/mol. The maximum Gasteiger partial charge on any atom is 0.164 e. The molecule has 5 heteroatoms. The Balaban J connectivity index is 1.06. The molecule has 11 aromatic rings. The van der Waals surface area contributed by atoms with Crippen LogP contribution in [0.5, 0.6) is 0 Å². The van der Waals surface area contributed by atoms with E-state index < -0.39 is 0 Å². The van der Waals surface area contributed by atoms with Crippen molar-refractivity contribution in [3.8, 4) is 67.5 Å². The lowest BCUT2D eigenvalue weighted by atomic mass is 9.94. The highest BCUT2D eigenvalue weighted by Gasteiger charge is 2.20. The fourth-order valence-corrected chi connectivity index (χ4v) is 9.13. The van der Waals surface area contributed by atoms with Gasteiger partial charge in [-0.2, -0.15) is 0 Å². The van der Waals surface area contributed by atoms with Crippen LogP contribution in [0.15, 0.2) is 192 Å². The fourth-order valence-electron chi connectivity index (χ4n) is 7.89. The molecule has 56 heavy (non-hydrogen) atoms. The molecule has 0 radical (unpaired) electrons. The Morgan fingerprint density at radius 2 is 0.911 bits per heavy atom. The molecule has 0 aliphatic rings. The smallest absolute Gasteiger partial charge is 0.164 e. The first kappa shape index (κ1) is 32.2. The highest BCUT2D eigenvalue weighted by molar-refractivity contribution is 7.26. The van der Waals surface area contributed by atoms with Crippen LogP contribution in [0.3, 0.4) is 0 Å². The number of thiophene rings is 1. The van der Waals surface area contributed by atoms with E-state index in [2.05, 4.69) is 146 Å². The number of hydrogen-bond acceptors (Lipinski definition) is 5. The summed E-state index contributed by atoms with van der Waals surface area (Å²) in [5.41, 5.74) is 11.2. The molecule has 0 amide bonds. The van der Waals surface area contributed by atoms with Gasteiger partial charge in [0.05, 0.1) is 0 Å². The Bertz CT molecular complexity index is 3240. The van der Waals surface area contributed by atoms with Gasteiger partial charge in [-0.15, -0.1) is 11.3 Å². The molecular formula is C51H31N3OS. The molecule has 0 spiro atoms. The minimum absolute atomic E-state index is 0.610. The van der Waals surface area contributed by atoms with Crippen molar-refractivity contribution in [3.05, 3.63) is 188 Å². The van der Waals surface area contributed by atoms with Gasteiger partial charge in [0.15, 0.2) is 17.5 Å². The second-order valence-electron chi connectivity index (χ2n) is 13.9. The molecule has 0 aliphatic heterocycles. The fraction of sp³-hybridized carbons (Fsp3) is 0. The van der Waals surface area contributed by atoms with Crippen LogP contribution in [-0.4, -0.2) is 15.0 Å². The van der Waals surface area contributed by atoms with Crippen LogP contribution in [0.4, 0.5) is 0 Å². The number of hydrogen-bond donors (Lipinski definition) is 0. The molecule has 3 aromatic heterocycles. The van der Waals surface area contributed by atoms with E-state index in [-0.39, 0.29) is 0 Å². The number of nitrogens with zero attached hydrogens (tertiary/aromatic N) is 3. The molecule has 0 atom stereocenters. The zero-order valence-corrected chi connectivity index (χ0v) is 30.9. The number of fused-ring (bicyclic) bond motifs is 6. The summed E-state index contributed by atoms with van der Waals surface area (Å²) in [6.07, 6.45) is 0. The summed E-state index contributed by atoms with van der Waals surface area (Å²) in [5.74, 6) is 1.85. The van der Waals surface area contributed by atoms with Crippen LogP contribution in [-0.2, 0) is 0 Å². The Morgan fingerprint density at radius 1 is 0.339 bits per heavy atom. The van der Waals surface area contributed by atoms with Crippen molar-refractivity contribution in [3.63, 3.8) is 0 Å². The maximum absolute atomic E-state index is 6.44. The monoisotopic (exact) mass is 733 g/mol. The van der Waals surface area contributed by atoms with Crippen LogP contribution in [0.2, 0.25) is 0 Å². The number of benzene rings is 8. The van der Waals surface area contributed by atoms with E-state index in [4.69, 9.17) is 19.4 Å². The van der Waals surface area contributed by atoms with Crippen molar-refractivity contribution in [1.82, 2.24) is 15.0 Å². The van der Waals surface area contributed by atoms with Crippen molar-refractivity contribution < 1.29 is 4.42 Å². The molecular weight excluding hydrogens is 703 g/mol. The Labute approximate surface area is 327 Å². The SMILES string of the molecule is c1ccc(-c2ccc3oc4cccc(-c5ccccc5-c5nc(-c6ccccc6)nc(-c6ccc(-c7cccc8c7sc7ccccc78)cc6)n5)c4c3c2)cc1. The molecule has 11 rings (SSSR count). The first-order chi connectivity index (χ1) is 27.7. The minimum Gasteiger partial charge on any atom is -0.456 e. The van der Waals surface area contributed by atoms with Crippen LogP contribution in [0.25, 0.3) is 110 Å². The standard InChI is InChI=1S/C51H31N3OS/c1-3-13-32(14-4-1)36-29-30-44-43(31-36)47-40(21-12-23-45(47)55-44)38-17-7-8-19-42(38)51-53-49(34-15-5-2-6-16-34)52-50(54-51)35-27-25-33(26-28-35)37-20-11-22-41-39-18-9-10-24-46(39)56-48(37)41/h1-31H. The van der Waals surface area contributed by atoms with Gasteiger partial charge in [-0.3, -0.25) is 0 Å². The maximum atomic E-state index is 6.44. The first-order valence-electron chi connectivity index (χ1n) is 18.7. The van der Waals surface area contributed by atoms with Gasteiger partial charge in [0.2, 0.25) is 0 Å². The van der Waals surface area contributed by atoms with Gasteiger partial charge in [-0.1, -0.05) is 164 Å². The van der Waals surface area contributed by atoms with Crippen molar-refractivity contribution in [2.75, 3.05) is 0 Å². The van der Waals surface area contributed by atoms with Crippen molar-refractivity contribution in [2.24, 2.45) is 0 Å². The van der Waals surface area contributed by atoms with Gasteiger partial charge >= 0.3 is 0 Å². The van der Waals surface area contributed by atoms with Gasteiger partial charge < -0.3 is 4.42 Å². The van der Waals surface area contributed by atoms with Gasteiger partial charge in [0, 0.05) is 47.6 Å². The van der Waals surface area contributed by atoms with Crippen LogP contribution in [0, 0.1) is 0 Å². The number of rotatable bonds is 6. The lowest BCUT2D eigenvalue weighted by Crippen LogP contribution is -2.01. The third-order valence-corrected chi connectivity index (χ3v) is 11.8. The quantitative estimate of drug-likeness (QED) is 0.171. The molecule has 0 fully saturated rings. The highest BCUT2D eigenvalue weighted by Crippen LogP contribution is 2.43. The third kappa shape index (κ3) is 5.48. The first-order valence-corrected chi connectivity index (χ1v) is 19.5. The van der Waals surface area contributed by atoms with E-state index in [1.807, 2.05) is 53.8 Å². The summed E-state index contributed by atoms with van der Waals surface area (Å²) < 4.78 is 9.04. The van der Waals surface area contributed by atoms with Crippen molar-refractivity contribution in [1.29, 1.82) is 0 Å². The van der Waals surface area contributed by atoms with Crippen LogP contribution < -0.4 is 0 Å². The van der Waals surface area contributed by atoms with E-state index in [0.29, 0.717) is 17.5 Å². The Kier molecular flexibility index (Phi) is 7.64. The van der Waals surface area contributed by atoms with Gasteiger partial charge in [-0.25, -0.2) is 15.0 Å². The summed E-state index contributed by atoms with van der Waals surface area (Å²) in [4.78, 5) is 15.4. The lowest BCUT2D eigenvalue weighted by molar-refractivity contribution is 0.669. The molecule has 4 nitrogen and oxygen atoms in total. The third-order valence-electron chi connectivity index (χ3n) is 10.6. The van der Waals surface area contributed by atoms with E-state index in [1.165, 1.54) is 25.7 Å². The molecule has 0 unspecified atom stereocenters. The molecule has 8 aromatic carbocycles. The molecule has 0 saturated carbocycles. The van der Waals surface area contributed by atoms with Crippen molar-refractivity contribution in [2.45, 2.75) is 0 Å². The second-order valence-corrected chi connectivity index (χ2v) is 15.0. The van der Waals surface area contributed by atoms with Gasteiger partial charge in [0.1, 0.15) is 11.2 Å². The Hall–Kier alpha value is -7.21. The second kappa shape index (κ2) is 13.3. The van der Waals surface area contributed by atoms with Gasteiger partial charge in [0.25, 0.3) is 0 Å². The molecule has 0 aliphatic carbocycles. The summed E-state index contributed by atoms with van der Waals surface area (Å²) in [5, 5.41) is 4.72. The summed E-state index contributed by atoms with van der Waals surface area (Å²) in [7, 11) is 0.